The summed E-state index contributed by atoms with van der Waals surface area (Å²) in [7, 11) is 0. The van der Waals surface area contributed by atoms with E-state index in [0.717, 1.165) is 36.8 Å². The number of carbonyl (C=O) groups is 3. The molecule has 0 saturated heterocycles. The van der Waals surface area contributed by atoms with E-state index in [2.05, 4.69) is 31.5 Å². The number of benzene rings is 1. The maximum absolute atomic E-state index is 12.6. The maximum Gasteiger partial charge on any atom is 0.246 e. The van der Waals surface area contributed by atoms with Gasteiger partial charge in [0.2, 0.25) is 24.2 Å². The van der Waals surface area contributed by atoms with Gasteiger partial charge in [0.15, 0.2) is 5.96 Å². The maximum atomic E-state index is 12.6. The van der Waals surface area contributed by atoms with Gasteiger partial charge in [0.25, 0.3) is 0 Å². The smallest absolute Gasteiger partial charge is 0.246 e. The number of unbranched alkanes of at least 4 members (excludes halogenated alkanes) is 2. The molecule has 35 heavy (non-hydrogen) atoms. The van der Waals surface area contributed by atoms with Crippen LogP contribution in [0.15, 0.2) is 34.4 Å². The number of guanidine groups is 2. The van der Waals surface area contributed by atoms with Gasteiger partial charge in [0, 0.05) is 32.4 Å². The van der Waals surface area contributed by atoms with Crippen LogP contribution in [0.3, 0.4) is 0 Å². The van der Waals surface area contributed by atoms with Crippen LogP contribution in [0.4, 0.5) is 0 Å². The number of nitrogens with one attached hydrogen (secondary N) is 4. The van der Waals surface area contributed by atoms with E-state index in [1.807, 2.05) is 31.2 Å². The number of nitrogens with two attached hydrogens (primary N) is 4. The second-order valence-electron chi connectivity index (χ2n) is 8.01. The van der Waals surface area contributed by atoms with Gasteiger partial charge in [-0.2, -0.15) is 0 Å². The van der Waals surface area contributed by atoms with E-state index in [-0.39, 0.29) is 23.7 Å². The van der Waals surface area contributed by atoms with Crippen LogP contribution in [-0.2, 0) is 27.2 Å². The Balaban J connectivity index is 0.000000434. The number of aliphatic imine (C=N–C) groups is 1. The van der Waals surface area contributed by atoms with Crippen molar-refractivity contribution in [1.82, 2.24) is 21.4 Å². The summed E-state index contributed by atoms with van der Waals surface area (Å²) in [5, 5.41) is 11.2. The quantitative estimate of drug-likeness (QED) is 0.0450. The normalized spacial score (nSPS) is 13.4. The highest BCUT2D eigenvalue weighted by Gasteiger charge is 2.43. The lowest BCUT2D eigenvalue weighted by Crippen LogP contribution is -2.57. The lowest BCUT2D eigenvalue weighted by atomic mass is 9.94. The van der Waals surface area contributed by atoms with Gasteiger partial charge in [-0.3, -0.25) is 30.1 Å². The Bertz CT molecular complexity index is 859. The first kappa shape index (κ1) is 29.2. The Morgan fingerprint density at radius 3 is 2.29 bits per heavy atom. The summed E-state index contributed by atoms with van der Waals surface area (Å²) in [5.41, 5.74) is 14.0. The van der Waals surface area contributed by atoms with Crippen LogP contribution in [0.5, 0.6) is 0 Å². The van der Waals surface area contributed by atoms with Crippen LogP contribution in [0, 0.1) is 0 Å². The van der Waals surface area contributed by atoms with Crippen molar-refractivity contribution < 1.29 is 14.4 Å². The molecule has 0 atom stereocenters. The Morgan fingerprint density at radius 1 is 1.11 bits per heavy atom. The molecule has 0 saturated carbocycles. The molecule has 0 aliphatic heterocycles. The monoisotopic (exact) mass is 490 g/mol. The number of amides is 3. The number of carbonyl (C=O) groups excluding carboxylic acids is 3. The minimum atomic E-state index is -0.884. The van der Waals surface area contributed by atoms with E-state index < -0.39 is 5.54 Å². The summed E-state index contributed by atoms with van der Waals surface area (Å²) in [6.07, 6.45) is 5.46. The Hall–Kier alpha value is -3.87. The summed E-state index contributed by atoms with van der Waals surface area (Å²) >= 11 is 0. The van der Waals surface area contributed by atoms with Gasteiger partial charge < -0.3 is 27.9 Å². The fraction of sp³-hybridized carbons (Fsp3) is 0.500. The molecule has 194 valence electrons. The summed E-state index contributed by atoms with van der Waals surface area (Å²) in [6.45, 7) is 3.07. The molecular weight excluding hydrogens is 452 g/mol. The molecule has 1 aliphatic carbocycles. The van der Waals surface area contributed by atoms with E-state index in [9.17, 15) is 14.4 Å². The molecule has 0 bridgehead atoms. The van der Waals surface area contributed by atoms with E-state index in [1.54, 1.807) is 0 Å². The zero-order valence-electron chi connectivity index (χ0n) is 20.2. The Kier molecular flexibility index (Phi) is 13.2. The van der Waals surface area contributed by atoms with E-state index >= 15 is 0 Å². The molecule has 0 heterocycles. The summed E-state index contributed by atoms with van der Waals surface area (Å²) in [5.74, 6) is 9.74. The molecule has 1 aromatic rings. The van der Waals surface area contributed by atoms with Crippen molar-refractivity contribution in [1.29, 1.82) is 0 Å². The van der Waals surface area contributed by atoms with Crippen molar-refractivity contribution in [3.05, 3.63) is 35.4 Å². The molecule has 0 spiro atoms. The van der Waals surface area contributed by atoms with E-state index in [4.69, 9.17) is 23.2 Å². The van der Waals surface area contributed by atoms with Gasteiger partial charge in [-0.25, -0.2) is 5.84 Å². The summed E-state index contributed by atoms with van der Waals surface area (Å²) < 4.78 is 0. The van der Waals surface area contributed by atoms with Crippen LogP contribution in [0.2, 0.25) is 0 Å². The number of fused-ring (bicyclic) bond motifs is 1. The number of nitrogens with zero attached hydrogens (tertiary/aromatic N) is 2. The van der Waals surface area contributed by atoms with Crippen molar-refractivity contribution in [2.45, 2.75) is 57.4 Å². The molecule has 1 aromatic carbocycles. The van der Waals surface area contributed by atoms with Gasteiger partial charge in [-0.15, -0.1) is 5.10 Å². The Morgan fingerprint density at radius 2 is 1.77 bits per heavy atom. The summed E-state index contributed by atoms with van der Waals surface area (Å²) in [6, 6.07) is 7.87. The molecular formula is C22H38N10O3. The lowest BCUT2D eigenvalue weighted by Gasteiger charge is -2.27. The minimum Gasteiger partial charge on any atom is -0.370 e. The number of hydrazine groups is 1. The number of hydrogen-bond acceptors (Lipinski definition) is 7. The molecule has 13 nitrogen and oxygen atoms in total. The third-order valence-corrected chi connectivity index (χ3v) is 5.32. The predicted molar refractivity (Wildman–Crippen MR) is 135 cm³/mol. The van der Waals surface area contributed by atoms with Crippen molar-refractivity contribution >= 4 is 30.1 Å². The van der Waals surface area contributed by atoms with Crippen LogP contribution in [0.1, 0.15) is 50.2 Å². The van der Waals surface area contributed by atoms with E-state index in [0.29, 0.717) is 38.8 Å². The second-order valence-corrected chi connectivity index (χ2v) is 8.01. The average molecular weight is 491 g/mol. The fourth-order valence-electron chi connectivity index (χ4n) is 3.51. The zero-order chi connectivity index (χ0) is 26.1. The molecule has 13 heteroatoms. The third kappa shape index (κ3) is 10.3. The largest absolute Gasteiger partial charge is 0.370 e. The van der Waals surface area contributed by atoms with Crippen molar-refractivity contribution in [2.24, 2.45) is 33.2 Å². The highest BCUT2D eigenvalue weighted by molar-refractivity contribution is 5.96. The zero-order valence-corrected chi connectivity index (χ0v) is 20.2. The Labute approximate surface area is 205 Å². The third-order valence-electron chi connectivity index (χ3n) is 5.32. The molecule has 0 unspecified atom stereocenters. The highest BCUT2D eigenvalue weighted by atomic mass is 16.2. The molecule has 3 amide bonds. The molecule has 1 aliphatic rings. The lowest BCUT2D eigenvalue weighted by molar-refractivity contribution is -0.129. The fourth-order valence-corrected chi connectivity index (χ4v) is 3.51. The van der Waals surface area contributed by atoms with Gasteiger partial charge in [0.1, 0.15) is 5.54 Å². The van der Waals surface area contributed by atoms with Gasteiger partial charge >= 0.3 is 0 Å². The van der Waals surface area contributed by atoms with Crippen molar-refractivity contribution in [3.8, 4) is 0 Å². The minimum absolute atomic E-state index is 0.0758. The number of hydrogen-bond donors (Lipinski definition) is 8. The van der Waals surface area contributed by atoms with Crippen LogP contribution >= 0.6 is 0 Å². The van der Waals surface area contributed by atoms with E-state index in [1.165, 1.54) is 0 Å². The van der Waals surface area contributed by atoms with Crippen LogP contribution < -0.4 is 44.5 Å². The molecule has 0 radical (unpaired) electrons. The van der Waals surface area contributed by atoms with Crippen molar-refractivity contribution in [2.75, 3.05) is 13.1 Å². The SMILES string of the molecule is CCCCC(=O)N/C(=N/N)NN.NC(N)=NCCCCNC(=O)C1(NC=O)Cc2ccccc2C1. The second kappa shape index (κ2) is 15.9. The first-order valence-corrected chi connectivity index (χ1v) is 11.5. The molecule has 12 N–H and O–H groups in total. The number of rotatable bonds is 11. The topological polar surface area (TPSA) is 228 Å². The van der Waals surface area contributed by atoms with Crippen LogP contribution in [0.25, 0.3) is 0 Å². The first-order chi connectivity index (χ1) is 16.8. The predicted octanol–water partition coefficient (Wildman–Crippen LogP) is -1.57. The summed E-state index contributed by atoms with van der Waals surface area (Å²) in [4.78, 5) is 38.4. The van der Waals surface area contributed by atoms with Gasteiger partial charge in [-0.05, 0) is 30.4 Å². The van der Waals surface area contributed by atoms with Crippen LogP contribution in [-0.4, -0.2) is 48.8 Å². The number of hydrazone groups is 1. The first-order valence-electron chi connectivity index (χ1n) is 11.5. The average Bonchev–Trinajstić information content (AvgIpc) is 3.23. The standard InChI is InChI=1S/C16H23N5O2.C6H15N5O/c17-15(18)20-8-4-3-7-19-14(23)16(21-11-22)9-12-5-1-2-6-13(12)10-16;1-2-3-4-5(12)9-6(10-7)11-8/h1-2,5-6,11H,3-4,7-10H2,(H,19,23)(H,21,22)(H4,17,18,20);2-4,7-8H2,1H3,(H2,9,10,11,12). The van der Waals surface area contributed by atoms with Gasteiger partial charge in [0.05, 0.1) is 0 Å². The molecule has 2 rings (SSSR count). The highest BCUT2D eigenvalue weighted by Crippen LogP contribution is 2.30. The van der Waals surface area contributed by atoms with Crippen molar-refractivity contribution in [3.63, 3.8) is 0 Å². The molecule has 0 aromatic heterocycles. The van der Waals surface area contributed by atoms with Gasteiger partial charge in [-0.1, -0.05) is 37.6 Å². The molecule has 0 fully saturated rings.